The molecule has 0 saturated heterocycles. The molecule has 0 aliphatic rings. The van der Waals surface area contributed by atoms with Crippen LogP contribution >= 0.6 is 15.9 Å². The van der Waals surface area contributed by atoms with Crippen LogP contribution in [0.25, 0.3) is 5.52 Å². The first-order chi connectivity index (χ1) is 7.08. The van der Waals surface area contributed by atoms with E-state index in [4.69, 9.17) is 5.73 Å². The van der Waals surface area contributed by atoms with E-state index in [1.165, 1.54) is 12.3 Å². The molecule has 0 fully saturated rings. The number of hydrogen-bond donors (Lipinski definition) is 1. The highest BCUT2D eigenvalue weighted by Crippen LogP contribution is 2.20. The fraction of sp³-hybridized carbons (Fsp3) is 0.300. The van der Waals surface area contributed by atoms with Gasteiger partial charge in [0.1, 0.15) is 16.2 Å². The van der Waals surface area contributed by atoms with Crippen molar-refractivity contribution in [3.8, 4) is 0 Å². The van der Waals surface area contributed by atoms with Crippen LogP contribution in [0.3, 0.4) is 0 Å². The molecule has 80 valence electrons. The molecule has 5 heteroatoms. The molecule has 0 spiro atoms. The third-order valence-electron chi connectivity index (χ3n) is 2.13. The summed E-state index contributed by atoms with van der Waals surface area (Å²) in [5.74, 6) is 0.490. The van der Waals surface area contributed by atoms with Gasteiger partial charge in [0.05, 0.1) is 5.52 Å². The topological polar surface area (TPSA) is 43.3 Å². The van der Waals surface area contributed by atoms with Crippen molar-refractivity contribution in [2.45, 2.75) is 19.4 Å². The van der Waals surface area contributed by atoms with Crippen molar-refractivity contribution in [3.05, 3.63) is 34.6 Å². The third kappa shape index (κ3) is 2.03. The molecule has 2 aromatic heterocycles. The molecule has 2 heterocycles. The first-order valence-corrected chi connectivity index (χ1v) is 5.45. The molecule has 2 N–H and O–H groups in total. The van der Waals surface area contributed by atoms with Crippen LogP contribution in [-0.2, 0) is 6.42 Å². The van der Waals surface area contributed by atoms with E-state index >= 15 is 0 Å². The summed E-state index contributed by atoms with van der Waals surface area (Å²) in [7, 11) is 0. The molecule has 1 unspecified atom stereocenters. The van der Waals surface area contributed by atoms with E-state index in [1.54, 1.807) is 10.5 Å². The predicted molar refractivity (Wildman–Crippen MR) is 60.2 cm³/mol. The maximum Gasteiger partial charge on any atom is 0.139 e. The molecule has 0 bridgehead atoms. The van der Waals surface area contributed by atoms with E-state index in [0.29, 0.717) is 6.42 Å². The predicted octanol–water partition coefficient (Wildman–Crippen LogP) is 2.13. The van der Waals surface area contributed by atoms with E-state index in [1.807, 2.05) is 6.92 Å². The first-order valence-electron chi connectivity index (χ1n) is 4.65. The molecule has 15 heavy (non-hydrogen) atoms. The average Bonchev–Trinajstić information content (AvgIpc) is 2.42. The zero-order valence-corrected chi connectivity index (χ0v) is 9.83. The average molecular weight is 272 g/mol. The van der Waals surface area contributed by atoms with Crippen LogP contribution in [0.1, 0.15) is 12.7 Å². The molecule has 0 aliphatic carbocycles. The lowest BCUT2D eigenvalue weighted by atomic mass is 10.2. The molecule has 0 amide bonds. The first kappa shape index (κ1) is 10.6. The van der Waals surface area contributed by atoms with Crippen LogP contribution in [0.4, 0.5) is 4.39 Å². The van der Waals surface area contributed by atoms with Gasteiger partial charge < -0.3 is 5.73 Å². The number of fused-ring (bicyclic) bond motifs is 1. The van der Waals surface area contributed by atoms with Gasteiger partial charge in [0.15, 0.2) is 0 Å². The van der Waals surface area contributed by atoms with Gasteiger partial charge in [0.25, 0.3) is 0 Å². The number of aromatic nitrogens is 2. The van der Waals surface area contributed by atoms with Crippen molar-refractivity contribution in [2.24, 2.45) is 5.73 Å². The van der Waals surface area contributed by atoms with E-state index < -0.39 is 0 Å². The van der Waals surface area contributed by atoms with Gasteiger partial charge in [-0.15, -0.1) is 0 Å². The summed E-state index contributed by atoms with van der Waals surface area (Å²) in [6.07, 6.45) is 2.04. The summed E-state index contributed by atoms with van der Waals surface area (Å²) >= 11 is 3.34. The molecule has 2 rings (SSSR count). The standard InChI is InChI=1S/C10H11BrFN3/c1-6(13)4-9-14-10(11)8-3-2-7(12)5-15(8)9/h2-3,5-6H,4,13H2,1H3. The van der Waals surface area contributed by atoms with Crippen molar-refractivity contribution < 1.29 is 4.39 Å². The largest absolute Gasteiger partial charge is 0.328 e. The van der Waals surface area contributed by atoms with Crippen molar-refractivity contribution in [2.75, 3.05) is 0 Å². The summed E-state index contributed by atoms with van der Waals surface area (Å²) in [6, 6.07) is 3.11. The Morgan fingerprint density at radius 2 is 2.33 bits per heavy atom. The monoisotopic (exact) mass is 271 g/mol. The van der Waals surface area contributed by atoms with Crippen LogP contribution in [0.5, 0.6) is 0 Å². The number of pyridine rings is 1. The Balaban J connectivity index is 2.59. The Morgan fingerprint density at radius 1 is 1.60 bits per heavy atom. The van der Waals surface area contributed by atoms with Gasteiger partial charge in [-0.2, -0.15) is 0 Å². The lowest BCUT2D eigenvalue weighted by Crippen LogP contribution is -2.19. The number of rotatable bonds is 2. The zero-order valence-electron chi connectivity index (χ0n) is 8.24. The number of imidazole rings is 1. The molecular weight excluding hydrogens is 261 g/mol. The third-order valence-corrected chi connectivity index (χ3v) is 2.72. The second-order valence-electron chi connectivity index (χ2n) is 3.60. The summed E-state index contributed by atoms with van der Waals surface area (Å²) in [4.78, 5) is 4.30. The molecule has 0 aliphatic heterocycles. The number of hydrogen-bond acceptors (Lipinski definition) is 2. The minimum Gasteiger partial charge on any atom is -0.328 e. The maximum atomic E-state index is 13.1. The number of nitrogens with two attached hydrogens (primary N) is 1. The highest BCUT2D eigenvalue weighted by Gasteiger charge is 2.10. The number of halogens is 2. The maximum absolute atomic E-state index is 13.1. The van der Waals surface area contributed by atoms with Gasteiger partial charge in [0, 0.05) is 18.7 Å². The van der Waals surface area contributed by atoms with E-state index in [2.05, 4.69) is 20.9 Å². The molecule has 0 radical (unpaired) electrons. The second kappa shape index (κ2) is 3.90. The SMILES string of the molecule is CC(N)Cc1nc(Br)c2ccc(F)cn12. The van der Waals surface area contributed by atoms with Gasteiger partial charge in [-0.25, -0.2) is 9.37 Å². The summed E-state index contributed by atoms with van der Waals surface area (Å²) in [5.41, 5.74) is 6.55. The highest BCUT2D eigenvalue weighted by molar-refractivity contribution is 9.10. The van der Waals surface area contributed by atoms with Crippen molar-refractivity contribution in [3.63, 3.8) is 0 Å². The van der Waals surface area contributed by atoms with Crippen LogP contribution in [0.15, 0.2) is 22.9 Å². The lowest BCUT2D eigenvalue weighted by molar-refractivity contribution is 0.614. The normalized spacial score (nSPS) is 13.3. The summed E-state index contributed by atoms with van der Waals surface area (Å²) < 4.78 is 15.5. The quantitative estimate of drug-likeness (QED) is 0.910. The van der Waals surface area contributed by atoms with Crippen molar-refractivity contribution in [1.82, 2.24) is 9.38 Å². The van der Waals surface area contributed by atoms with Crippen LogP contribution < -0.4 is 5.73 Å². The molecule has 0 saturated carbocycles. The van der Waals surface area contributed by atoms with Gasteiger partial charge in [-0.05, 0) is 35.0 Å². The van der Waals surface area contributed by atoms with Crippen molar-refractivity contribution in [1.29, 1.82) is 0 Å². The highest BCUT2D eigenvalue weighted by atomic mass is 79.9. The summed E-state index contributed by atoms with van der Waals surface area (Å²) in [6.45, 7) is 1.90. The molecule has 0 aromatic carbocycles. The van der Waals surface area contributed by atoms with Gasteiger partial charge >= 0.3 is 0 Å². The Labute approximate surface area is 95.2 Å². The molecule has 3 nitrogen and oxygen atoms in total. The molecule has 2 aromatic rings. The van der Waals surface area contributed by atoms with E-state index in [-0.39, 0.29) is 11.9 Å². The molecule has 1 atom stereocenters. The smallest absolute Gasteiger partial charge is 0.139 e. The second-order valence-corrected chi connectivity index (χ2v) is 4.35. The minimum absolute atomic E-state index is 0.00534. The Bertz CT molecular complexity index is 493. The van der Waals surface area contributed by atoms with Crippen molar-refractivity contribution >= 4 is 21.4 Å². The van der Waals surface area contributed by atoms with Crippen LogP contribution in [0.2, 0.25) is 0 Å². The van der Waals surface area contributed by atoms with E-state index in [9.17, 15) is 4.39 Å². The summed E-state index contributed by atoms with van der Waals surface area (Å²) in [5, 5.41) is 0. The Hall–Kier alpha value is -0.940. The Morgan fingerprint density at radius 3 is 3.00 bits per heavy atom. The number of nitrogens with zero attached hydrogens (tertiary/aromatic N) is 2. The van der Waals surface area contributed by atoms with Crippen LogP contribution in [0, 0.1) is 5.82 Å². The fourth-order valence-corrected chi connectivity index (χ4v) is 2.04. The Kier molecular flexibility index (Phi) is 2.75. The fourth-order valence-electron chi connectivity index (χ4n) is 1.51. The van der Waals surface area contributed by atoms with Gasteiger partial charge in [0.2, 0.25) is 0 Å². The van der Waals surface area contributed by atoms with Crippen LogP contribution in [-0.4, -0.2) is 15.4 Å². The zero-order chi connectivity index (χ0) is 11.0. The minimum atomic E-state index is -0.279. The van der Waals surface area contributed by atoms with Gasteiger partial charge in [-0.1, -0.05) is 0 Å². The molecular formula is C10H11BrFN3. The van der Waals surface area contributed by atoms with Gasteiger partial charge in [-0.3, -0.25) is 4.40 Å². The lowest BCUT2D eigenvalue weighted by Gasteiger charge is -2.03. The van der Waals surface area contributed by atoms with E-state index in [0.717, 1.165) is 15.9 Å².